The summed E-state index contributed by atoms with van der Waals surface area (Å²) in [5.74, 6) is -2.49. The SMILES string of the molecule is CCOC(=O)C[C@H](C(=O)OCC)[C@@H](C)[N+](=O)[O-]. The van der Waals surface area contributed by atoms with E-state index in [1.807, 2.05) is 0 Å². The van der Waals surface area contributed by atoms with E-state index in [2.05, 4.69) is 4.74 Å². The van der Waals surface area contributed by atoms with Gasteiger partial charge in [-0.3, -0.25) is 19.7 Å². The van der Waals surface area contributed by atoms with E-state index in [4.69, 9.17) is 4.74 Å². The van der Waals surface area contributed by atoms with Crippen molar-refractivity contribution in [3.8, 4) is 0 Å². The molecule has 0 spiro atoms. The summed E-state index contributed by atoms with van der Waals surface area (Å²) in [6.45, 7) is 4.76. The molecule has 0 aromatic carbocycles. The largest absolute Gasteiger partial charge is 0.466 e. The van der Waals surface area contributed by atoms with Crippen LogP contribution in [0.15, 0.2) is 0 Å². The fraction of sp³-hybridized carbons (Fsp3) is 0.800. The summed E-state index contributed by atoms with van der Waals surface area (Å²) in [5.41, 5.74) is 0. The molecule has 0 aliphatic carbocycles. The van der Waals surface area contributed by atoms with Crippen LogP contribution in [0, 0.1) is 16.0 Å². The minimum atomic E-state index is -1.18. The topological polar surface area (TPSA) is 95.7 Å². The maximum Gasteiger partial charge on any atom is 0.316 e. The first kappa shape index (κ1) is 15.3. The van der Waals surface area contributed by atoms with Crippen molar-refractivity contribution in [2.24, 2.45) is 5.92 Å². The van der Waals surface area contributed by atoms with Gasteiger partial charge in [-0.1, -0.05) is 0 Å². The minimum Gasteiger partial charge on any atom is -0.466 e. The summed E-state index contributed by atoms with van der Waals surface area (Å²) >= 11 is 0. The van der Waals surface area contributed by atoms with Gasteiger partial charge in [0.15, 0.2) is 0 Å². The Balaban J connectivity index is 4.67. The van der Waals surface area contributed by atoms with Crippen LogP contribution in [0.2, 0.25) is 0 Å². The normalized spacial score (nSPS) is 13.6. The first-order valence-corrected chi connectivity index (χ1v) is 5.39. The molecular weight excluding hydrogens is 230 g/mol. The van der Waals surface area contributed by atoms with Gasteiger partial charge in [-0.05, 0) is 13.8 Å². The summed E-state index contributed by atoms with van der Waals surface area (Å²) in [6, 6.07) is -1.18. The number of hydrogen-bond donors (Lipinski definition) is 0. The molecule has 17 heavy (non-hydrogen) atoms. The second-order valence-electron chi connectivity index (χ2n) is 3.39. The molecule has 0 aliphatic heterocycles. The van der Waals surface area contributed by atoms with E-state index in [1.54, 1.807) is 13.8 Å². The Bertz CT molecular complexity index is 291. The van der Waals surface area contributed by atoms with E-state index in [0.29, 0.717) is 0 Å². The summed E-state index contributed by atoms with van der Waals surface area (Å²) < 4.78 is 9.36. The Kier molecular flexibility index (Phi) is 6.85. The molecule has 0 heterocycles. The lowest BCUT2D eigenvalue weighted by molar-refractivity contribution is -0.525. The third-order valence-corrected chi connectivity index (χ3v) is 2.20. The van der Waals surface area contributed by atoms with Gasteiger partial charge < -0.3 is 9.47 Å². The van der Waals surface area contributed by atoms with Crippen LogP contribution < -0.4 is 0 Å². The third-order valence-electron chi connectivity index (χ3n) is 2.20. The van der Waals surface area contributed by atoms with E-state index >= 15 is 0 Å². The van der Waals surface area contributed by atoms with Crippen LogP contribution in [0.3, 0.4) is 0 Å². The van der Waals surface area contributed by atoms with E-state index in [-0.39, 0.29) is 19.6 Å². The molecule has 0 aromatic rings. The molecule has 0 unspecified atom stereocenters. The molecule has 0 fully saturated rings. The van der Waals surface area contributed by atoms with Gasteiger partial charge in [0.05, 0.1) is 19.6 Å². The van der Waals surface area contributed by atoms with Crippen LogP contribution in [-0.2, 0) is 19.1 Å². The zero-order chi connectivity index (χ0) is 13.4. The first-order chi connectivity index (χ1) is 7.93. The second-order valence-corrected chi connectivity index (χ2v) is 3.39. The van der Waals surface area contributed by atoms with Crippen molar-refractivity contribution in [2.75, 3.05) is 13.2 Å². The van der Waals surface area contributed by atoms with Crippen molar-refractivity contribution in [2.45, 2.75) is 33.2 Å². The van der Waals surface area contributed by atoms with Crippen LogP contribution in [0.25, 0.3) is 0 Å². The molecule has 0 saturated carbocycles. The molecule has 0 amide bonds. The Labute approximate surface area is 99.2 Å². The van der Waals surface area contributed by atoms with Crippen LogP contribution in [0.1, 0.15) is 27.2 Å². The Morgan fingerprint density at radius 2 is 1.76 bits per heavy atom. The lowest BCUT2D eigenvalue weighted by atomic mass is 9.98. The van der Waals surface area contributed by atoms with Gasteiger partial charge in [-0.15, -0.1) is 0 Å². The van der Waals surface area contributed by atoms with E-state index in [1.165, 1.54) is 6.92 Å². The minimum absolute atomic E-state index is 0.114. The summed E-state index contributed by atoms with van der Waals surface area (Å²) in [4.78, 5) is 32.8. The Morgan fingerprint density at radius 3 is 2.18 bits per heavy atom. The van der Waals surface area contributed by atoms with E-state index in [0.717, 1.165) is 0 Å². The summed E-state index contributed by atoms with van der Waals surface area (Å²) in [5, 5.41) is 10.6. The van der Waals surface area contributed by atoms with Crippen LogP contribution in [-0.4, -0.2) is 36.1 Å². The fourth-order valence-corrected chi connectivity index (χ4v) is 1.25. The van der Waals surface area contributed by atoms with Gasteiger partial charge >= 0.3 is 11.9 Å². The molecule has 2 atom stereocenters. The van der Waals surface area contributed by atoms with Gasteiger partial charge in [0.25, 0.3) is 0 Å². The Hall–Kier alpha value is -1.66. The predicted molar refractivity (Wildman–Crippen MR) is 57.8 cm³/mol. The van der Waals surface area contributed by atoms with E-state index in [9.17, 15) is 19.7 Å². The molecule has 7 heteroatoms. The van der Waals surface area contributed by atoms with Gasteiger partial charge in [-0.25, -0.2) is 0 Å². The standard InChI is InChI=1S/C10H17NO6/c1-4-16-9(12)6-8(7(3)11(14)15)10(13)17-5-2/h7-8H,4-6H2,1-3H3/t7-,8+/m1/s1. The number of esters is 2. The molecule has 0 aliphatic rings. The quantitative estimate of drug-likeness (QED) is 0.375. The number of hydrogen-bond acceptors (Lipinski definition) is 6. The maximum atomic E-state index is 11.5. The monoisotopic (exact) mass is 247 g/mol. The molecule has 0 rings (SSSR count). The number of rotatable bonds is 7. The van der Waals surface area contributed by atoms with Gasteiger partial charge in [0.1, 0.15) is 5.92 Å². The van der Waals surface area contributed by atoms with E-state index < -0.39 is 28.8 Å². The molecule has 0 N–H and O–H groups in total. The first-order valence-electron chi connectivity index (χ1n) is 5.39. The van der Waals surface area contributed by atoms with Crippen molar-refractivity contribution in [1.82, 2.24) is 0 Å². The number of nitrogens with zero attached hydrogens (tertiary/aromatic N) is 1. The number of carbonyl (C=O) groups is 2. The molecule has 7 nitrogen and oxygen atoms in total. The second kappa shape index (κ2) is 7.59. The molecule has 0 saturated heterocycles. The average molecular weight is 247 g/mol. The lowest BCUT2D eigenvalue weighted by Gasteiger charge is -2.15. The number of nitro groups is 1. The Morgan fingerprint density at radius 1 is 1.24 bits per heavy atom. The summed E-state index contributed by atoms with van der Waals surface area (Å²) in [7, 11) is 0. The molecule has 0 aromatic heterocycles. The zero-order valence-electron chi connectivity index (χ0n) is 10.2. The van der Waals surface area contributed by atoms with Crippen LogP contribution in [0.5, 0.6) is 0 Å². The van der Waals surface area contributed by atoms with Crippen molar-refractivity contribution in [1.29, 1.82) is 0 Å². The smallest absolute Gasteiger partial charge is 0.316 e. The molecular formula is C10H17NO6. The third kappa shape index (κ3) is 5.28. The average Bonchev–Trinajstić information content (AvgIpc) is 2.25. The number of carbonyl (C=O) groups excluding carboxylic acids is 2. The van der Waals surface area contributed by atoms with Crippen LogP contribution in [0.4, 0.5) is 0 Å². The number of ether oxygens (including phenoxy) is 2. The fourth-order valence-electron chi connectivity index (χ4n) is 1.25. The van der Waals surface area contributed by atoms with Crippen molar-refractivity contribution < 1.29 is 24.0 Å². The molecule has 0 radical (unpaired) electrons. The highest BCUT2D eigenvalue weighted by molar-refractivity contribution is 5.80. The highest BCUT2D eigenvalue weighted by atomic mass is 16.6. The highest BCUT2D eigenvalue weighted by Crippen LogP contribution is 2.15. The van der Waals surface area contributed by atoms with Crippen molar-refractivity contribution >= 4 is 11.9 Å². The lowest BCUT2D eigenvalue weighted by Crippen LogP contribution is -2.35. The zero-order valence-corrected chi connectivity index (χ0v) is 10.2. The molecule has 0 bridgehead atoms. The maximum absolute atomic E-state index is 11.5. The van der Waals surface area contributed by atoms with Crippen molar-refractivity contribution in [3.63, 3.8) is 0 Å². The van der Waals surface area contributed by atoms with Gasteiger partial charge in [0, 0.05) is 11.8 Å². The van der Waals surface area contributed by atoms with Crippen molar-refractivity contribution in [3.05, 3.63) is 10.1 Å². The molecule has 98 valence electrons. The predicted octanol–water partition coefficient (Wildman–Crippen LogP) is 0.784. The highest BCUT2D eigenvalue weighted by Gasteiger charge is 2.36. The summed E-state index contributed by atoms with van der Waals surface area (Å²) in [6.07, 6.45) is -0.338. The van der Waals surface area contributed by atoms with Gasteiger partial charge in [0.2, 0.25) is 6.04 Å². The van der Waals surface area contributed by atoms with Crippen LogP contribution >= 0.6 is 0 Å². The van der Waals surface area contributed by atoms with Gasteiger partial charge in [-0.2, -0.15) is 0 Å².